The molecule has 0 atom stereocenters. The Labute approximate surface area is 682 Å². The Morgan fingerprint density at radius 1 is 0.241 bits per heavy atom. The van der Waals surface area contributed by atoms with Crippen molar-refractivity contribution in [3.63, 3.8) is 0 Å². The van der Waals surface area contributed by atoms with Gasteiger partial charge in [0.25, 0.3) is 0 Å². The second-order valence-electron chi connectivity index (χ2n) is 34.8. The van der Waals surface area contributed by atoms with Crippen molar-refractivity contribution in [3.8, 4) is 0 Å². The molecule has 0 amide bonds. The fourth-order valence-corrected chi connectivity index (χ4v) is 14.4. The van der Waals surface area contributed by atoms with Crippen molar-refractivity contribution in [2.75, 3.05) is 191 Å². The number of hydrogen-bond acceptors (Lipinski definition) is 24. The van der Waals surface area contributed by atoms with Crippen molar-refractivity contribution in [2.24, 2.45) is 0 Å². The van der Waals surface area contributed by atoms with E-state index in [1.807, 2.05) is 97.2 Å². The molecule has 6 aromatic rings. The van der Waals surface area contributed by atoms with Gasteiger partial charge in [0.05, 0.1) is 34.1 Å². The monoisotopic (exact) mass is 1610 g/mol. The van der Waals surface area contributed by atoms with Gasteiger partial charge < -0.3 is 61.3 Å². The van der Waals surface area contributed by atoms with Gasteiger partial charge >= 0.3 is 0 Å². The van der Waals surface area contributed by atoms with Crippen LogP contribution in [0.15, 0.2) is 28.8 Å². The van der Waals surface area contributed by atoms with E-state index in [2.05, 4.69) is 172 Å². The lowest BCUT2D eigenvalue weighted by molar-refractivity contribution is 0.285. The third kappa shape index (κ3) is 30.5. The highest BCUT2D eigenvalue weighted by Gasteiger charge is 2.33. The molecule has 612 valence electrons. The molecule has 24 heteroatoms. The first-order valence-corrected chi connectivity index (χ1v) is 41.9. The molecule has 0 radical (unpaired) electrons. The summed E-state index contributed by atoms with van der Waals surface area (Å²) in [7, 11) is 8.22. The third-order valence-corrected chi connectivity index (χ3v) is 21.0. The summed E-state index contributed by atoms with van der Waals surface area (Å²) in [5.74, 6) is 0. The SMILES string of the molecule is CCCN(C)CCNc1c(C(C)(C)C)c(=O)c1=S.CCCN(CC)CCNc1c(C(C)(C)C)c(=O)c1=S.CCCN(CCC)CCNc1c(C(C)(C)C)c(=O)c1=S.CCN(C)CCNc1c(C(C)(C)C)c(=O)c1=S.CCN(CC)CCNc1c(C(C)(C)C)c(=O)c1=S.CN(C)CCNc1c(C(C)(C)C)c(=O)c1=S. The molecule has 0 fully saturated rings. The van der Waals surface area contributed by atoms with Crippen molar-refractivity contribution >= 4 is 107 Å². The van der Waals surface area contributed by atoms with Gasteiger partial charge in [0.1, 0.15) is 27.1 Å². The number of rotatable bonds is 36. The highest BCUT2D eigenvalue weighted by atomic mass is 32.1. The molecule has 0 spiro atoms. The number of likely N-dealkylation sites (N-methyl/N-ethyl adjacent to an activating group) is 5. The van der Waals surface area contributed by atoms with Gasteiger partial charge in [-0.3, -0.25) is 28.8 Å². The summed E-state index contributed by atoms with van der Waals surface area (Å²) in [6.07, 6.45) is 4.67. The van der Waals surface area contributed by atoms with E-state index in [-0.39, 0.29) is 65.1 Å². The fraction of sp³-hybridized carbons (Fsp3) is 0.714. The molecule has 0 bridgehead atoms. The van der Waals surface area contributed by atoms with E-state index in [0.717, 1.165) is 205 Å². The summed E-state index contributed by atoms with van der Waals surface area (Å²) in [4.78, 5) is 84.4. The molecule has 0 heterocycles. The predicted octanol–water partition coefficient (Wildman–Crippen LogP) is 16.2. The summed E-state index contributed by atoms with van der Waals surface area (Å²) in [6.45, 7) is 73.7. The van der Waals surface area contributed by atoms with E-state index >= 15 is 0 Å². The van der Waals surface area contributed by atoms with E-state index in [1.165, 1.54) is 19.3 Å². The second kappa shape index (κ2) is 46.1. The molecule has 0 aliphatic rings. The van der Waals surface area contributed by atoms with E-state index in [9.17, 15) is 28.8 Å². The number of nitrogens with one attached hydrogen (secondary N) is 6. The highest BCUT2D eigenvalue weighted by molar-refractivity contribution is 7.72. The first-order valence-electron chi connectivity index (χ1n) is 39.4. The maximum absolute atomic E-state index is 11.9. The highest BCUT2D eigenvalue weighted by Crippen LogP contribution is 2.35. The standard InChI is InChI=1S/C16H28N2OS.C15H26N2OS.2C14H24N2OS.C13H22N2OS.C12H20N2OS/c1-6-9-18(10-7-2)11-8-17-13-12(16(3,4)5)14(19)15(13)20;1-6-9-17(7-2)10-8-16-12-11(15(3,4)5)13(18)14(12)19;1-6-8-16(5)9-7-15-11-10(14(2,3)4)12(17)13(11)18;1-6-16(7-2)9-8-15-11-10(14(3,4)5)12(17)13(11)18;1-6-15(5)8-7-14-10-9(13(2,3)4)11(16)12(10)17;1-12(2,3)8-9(11(16)10(8)15)13-6-7-14(4)5/h17H,6-11H2,1-5H3;16H,6-10H2,1-5H3;2*15H,6-9H2,1-5H3;14H,6-8H2,1-5H3;13H,6-7H2,1-5H3. The third-order valence-electron chi connectivity index (χ3n) is 18.7. The predicted molar refractivity (Wildman–Crippen MR) is 485 cm³/mol. The lowest BCUT2D eigenvalue weighted by atomic mass is 9.82. The minimum Gasteiger partial charge on any atom is -0.382 e. The molecule has 108 heavy (non-hydrogen) atoms. The number of nitrogens with zero attached hydrogens (tertiary/aromatic N) is 6. The van der Waals surface area contributed by atoms with Gasteiger partial charge in [-0.25, -0.2) is 0 Å². The molecule has 0 aliphatic carbocycles. The van der Waals surface area contributed by atoms with Gasteiger partial charge in [-0.15, -0.1) is 0 Å². The molecule has 0 saturated carbocycles. The van der Waals surface area contributed by atoms with Gasteiger partial charge in [-0.1, -0.05) is 253 Å². The van der Waals surface area contributed by atoms with Gasteiger partial charge in [0, 0.05) is 112 Å². The van der Waals surface area contributed by atoms with E-state index in [4.69, 9.17) is 73.3 Å². The average molecular weight is 1610 g/mol. The van der Waals surface area contributed by atoms with Crippen LogP contribution in [-0.4, -0.2) is 188 Å². The Kier molecular flexibility index (Phi) is 43.3. The zero-order valence-electron chi connectivity index (χ0n) is 72.6. The first kappa shape index (κ1) is 102. The van der Waals surface area contributed by atoms with E-state index in [1.54, 1.807) is 0 Å². The molecule has 6 rings (SSSR count). The summed E-state index contributed by atoms with van der Waals surface area (Å²) >= 11 is 30.7. The van der Waals surface area contributed by atoms with Crippen LogP contribution >= 0.6 is 73.3 Å². The van der Waals surface area contributed by atoms with Crippen LogP contribution in [-0.2, 0) is 32.5 Å². The number of anilines is 6. The molecule has 0 aliphatic heterocycles. The maximum Gasteiger partial charge on any atom is 0.204 e. The van der Waals surface area contributed by atoms with Gasteiger partial charge in [-0.2, -0.15) is 0 Å². The van der Waals surface area contributed by atoms with Crippen LogP contribution in [0.2, 0.25) is 0 Å². The fourth-order valence-electron chi connectivity index (χ4n) is 12.7. The van der Waals surface area contributed by atoms with Crippen molar-refractivity contribution in [1.29, 1.82) is 0 Å². The zero-order valence-corrected chi connectivity index (χ0v) is 77.5. The minimum absolute atomic E-state index is 0.0369. The van der Waals surface area contributed by atoms with Crippen LogP contribution in [0.3, 0.4) is 0 Å². The maximum atomic E-state index is 11.9. The molecular weight excluding hydrogens is 1470 g/mol. The Morgan fingerprint density at radius 3 is 0.639 bits per heavy atom. The smallest absolute Gasteiger partial charge is 0.204 e. The Balaban J connectivity index is 0.000000649. The van der Waals surface area contributed by atoms with Crippen molar-refractivity contribution in [3.05, 3.63) is 122 Å². The quantitative estimate of drug-likeness (QED) is 0.0203. The molecule has 0 saturated heterocycles. The van der Waals surface area contributed by atoms with Gasteiger partial charge in [0.15, 0.2) is 0 Å². The van der Waals surface area contributed by atoms with Crippen molar-refractivity contribution < 1.29 is 0 Å². The van der Waals surface area contributed by atoms with Crippen LogP contribution < -0.4 is 64.5 Å². The summed E-state index contributed by atoms with van der Waals surface area (Å²) < 4.78 is 2.83. The van der Waals surface area contributed by atoms with Crippen molar-refractivity contribution in [2.45, 2.75) is 238 Å². The van der Waals surface area contributed by atoms with Crippen LogP contribution in [0, 0.1) is 27.1 Å². The zero-order chi connectivity index (χ0) is 83.5. The second-order valence-corrected chi connectivity index (χ2v) is 37.3. The Bertz CT molecular complexity index is 4170. The lowest BCUT2D eigenvalue weighted by Gasteiger charge is -2.26. The van der Waals surface area contributed by atoms with Gasteiger partial charge in [0.2, 0.25) is 32.6 Å². The van der Waals surface area contributed by atoms with Crippen LogP contribution in [0.4, 0.5) is 34.1 Å². The van der Waals surface area contributed by atoms with E-state index in [0.29, 0.717) is 27.1 Å². The Hall–Kier alpha value is -4.44. The largest absolute Gasteiger partial charge is 0.382 e. The average Bonchev–Trinajstić information content (AvgIpc) is 0.799. The van der Waals surface area contributed by atoms with Gasteiger partial charge in [-0.05, 0) is 139 Å². The van der Waals surface area contributed by atoms with Crippen LogP contribution in [0.25, 0.3) is 0 Å². The molecule has 0 unspecified atom stereocenters. The summed E-state index contributed by atoms with van der Waals surface area (Å²) in [6, 6.07) is 0. The summed E-state index contributed by atoms with van der Waals surface area (Å²) in [5, 5.41) is 19.9. The molecule has 18 nitrogen and oxygen atoms in total. The first-order chi connectivity index (χ1) is 49.8. The molecular formula is C84H144N12O6S6. The Morgan fingerprint density at radius 2 is 0.435 bits per heavy atom. The topological polar surface area (TPSA) is 194 Å². The molecule has 0 aromatic heterocycles. The van der Waals surface area contributed by atoms with Crippen LogP contribution in [0.5, 0.6) is 0 Å². The normalized spacial score (nSPS) is 12.3. The van der Waals surface area contributed by atoms with Crippen LogP contribution in [0.1, 0.15) is 239 Å². The summed E-state index contributed by atoms with van der Waals surface area (Å²) in [5.41, 5.74) is 9.99. The van der Waals surface area contributed by atoms with Crippen molar-refractivity contribution in [1.82, 2.24) is 29.4 Å². The minimum atomic E-state index is -0.131. The van der Waals surface area contributed by atoms with E-state index < -0.39 is 0 Å². The molecule has 6 N–H and O–H groups in total. The molecule has 6 aromatic carbocycles. The lowest BCUT2D eigenvalue weighted by Crippen LogP contribution is -2.34. The number of hydrogen-bond donors (Lipinski definition) is 6.